The fraction of sp³-hybridized carbons (Fsp3) is 0.100. The summed E-state index contributed by atoms with van der Waals surface area (Å²) in [7, 11) is 0. The Bertz CT molecular complexity index is 466. The van der Waals surface area contributed by atoms with E-state index in [1.807, 2.05) is 31.2 Å². The van der Waals surface area contributed by atoms with Crippen LogP contribution in [0.25, 0.3) is 10.9 Å². The molecule has 1 aromatic heterocycles. The Morgan fingerprint density at radius 3 is 2.69 bits per heavy atom. The van der Waals surface area contributed by atoms with Gasteiger partial charge in [-0.3, -0.25) is 4.98 Å². The highest BCUT2D eigenvalue weighted by molar-refractivity contribution is 6.42. The van der Waals surface area contributed by atoms with E-state index >= 15 is 0 Å². The van der Waals surface area contributed by atoms with Gasteiger partial charge in [-0.15, -0.1) is 0 Å². The average Bonchev–Trinajstić information content (AvgIpc) is 2.02. The lowest BCUT2D eigenvalue weighted by Crippen LogP contribution is -1.84. The maximum Gasteiger partial charge on any atom is 0.0735 e. The minimum atomic E-state index is 0.648. The average molecular weight is 212 g/mol. The predicted octanol–water partition coefficient (Wildman–Crippen LogP) is 3.85. The van der Waals surface area contributed by atoms with Gasteiger partial charge in [0.1, 0.15) is 0 Å². The van der Waals surface area contributed by atoms with E-state index < -0.39 is 0 Å². The Balaban J connectivity index is 2.94. The molecular formula is C10H7Cl2N. The molecule has 2 rings (SSSR count). The quantitative estimate of drug-likeness (QED) is 0.646. The second-order valence-electron chi connectivity index (χ2n) is 2.88. The summed E-state index contributed by atoms with van der Waals surface area (Å²) in [6.45, 7) is 1.91. The number of nitrogens with zero attached hydrogens (tertiary/aromatic N) is 1. The molecule has 0 aliphatic heterocycles. The fourth-order valence-electron chi connectivity index (χ4n) is 1.32. The topological polar surface area (TPSA) is 12.9 Å². The number of pyridine rings is 1. The standard InChI is InChI=1S/C10H7Cl2N/c1-6-5-8(12)10-7(11)3-2-4-9(10)13-6/h2-5H,1H3. The number of halogens is 2. The molecule has 0 radical (unpaired) electrons. The number of aromatic nitrogens is 1. The number of aryl methyl sites for hydroxylation is 1. The monoisotopic (exact) mass is 211 g/mol. The van der Waals surface area contributed by atoms with Crippen LogP contribution in [0, 0.1) is 6.92 Å². The third-order valence-electron chi connectivity index (χ3n) is 1.86. The highest BCUT2D eigenvalue weighted by Gasteiger charge is 2.04. The van der Waals surface area contributed by atoms with Crippen molar-refractivity contribution in [3.05, 3.63) is 40.0 Å². The first-order valence-electron chi connectivity index (χ1n) is 3.90. The Morgan fingerprint density at radius 1 is 1.15 bits per heavy atom. The van der Waals surface area contributed by atoms with E-state index in [0.717, 1.165) is 16.6 Å². The van der Waals surface area contributed by atoms with E-state index in [0.29, 0.717) is 10.0 Å². The summed E-state index contributed by atoms with van der Waals surface area (Å²) in [5.74, 6) is 0. The zero-order valence-electron chi connectivity index (χ0n) is 7.01. The normalized spacial score (nSPS) is 10.7. The van der Waals surface area contributed by atoms with Crippen molar-refractivity contribution in [2.24, 2.45) is 0 Å². The fourth-order valence-corrected chi connectivity index (χ4v) is 2.00. The number of benzene rings is 1. The van der Waals surface area contributed by atoms with E-state index in [-0.39, 0.29) is 0 Å². The maximum absolute atomic E-state index is 6.04. The Kier molecular flexibility index (Phi) is 2.14. The molecule has 1 aromatic carbocycles. The molecule has 0 aliphatic rings. The van der Waals surface area contributed by atoms with Crippen LogP contribution in [0.2, 0.25) is 10.0 Å². The molecule has 0 saturated carbocycles. The van der Waals surface area contributed by atoms with Crippen molar-refractivity contribution >= 4 is 34.1 Å². The molecule has 3 heteroatoms. The largest absolute Gasteiger partial charge is 0.253 e. The van der Waals surface area contributed by atoms with E-state index in [4.69, 9.17) is 23.2 Å². The molecule has 0 fully saturated rings. The lowest BCUT2D eigenvalue weighted by Gasteiger charge is -2.02. The van der Waals surface area contributed by atoms with Gasteiger partial charge in [0, 0.05) is 11.1 Å². The van der Waals surface area contributed by atoms with E-state index in [9.17, 15) is 0 Å². The van der Waals surface area contributed by atoms with Gasteiger partial charge < -0.3 is 0 Å². The number of hydrogen-bond acceptors (Lipinski definition) is 1. The van der Waals surface area contributed by atoms with Crippen molar-refractivity contribution in [3.8, 4) is 0 Å². The van der Waals surface area contributed by atoms with Gasteiger partial charge >= 0.3 is 0 Å². The molecule has 0 amide bonds. The third-order valence-corrected chi connectivity index (χ3v) is 2.48. The smallest absolute Gasteiger partial charge is 0.0735 e. The summed E-state index contributed by atoms with van der Waals surface area (Å²) in [4.78, 5) is 4.33. The Hall–Kier alpha value is -0.790. The van der Waals surface area contributed by atoms with Crippen LogP contribution in [0.15, 0.2) is 24.3 Å². The van der Waals surface area contributed by atoms with Crippen LogP contribution in [-0.4, -0.2) is 4.98 Å². The highest BCUT2D eigenvalue weighted by atomic mass is 35.5. The summed E-state index contributed by atoms with van der Waals surface area (Å²) in [6, 6.07) is 7.40. The molecule has 2 aromatic rings. The van der Waals surface area contributed by atoms with Crippen LogP contribution >= 0.6 is 23.2 Å². The van der Waals surface area contributed by atoms with Crippen molar-refractivity contribution in [3.63, 3.8) is 0 Å². The van der Waals surface area contributed by atoms with Gasteiger partial charge in [-0.25, -0.2) is 0 Å². The van der Waals surface area contributed by atoms with E-state index in [1.165, 1.54) is 0 Å². The maximum atomic E-state index is 6.04. The van der Waals surface area contributed by atoms with Gasteiger partial charge in [0.25, 0.3) is 0 Å². The number of hydrogen-bond donors (Lipinski definition) is 0. The summed E-state index contributed by atoms with van der Waals surface area (Å²) in [6.07, 6.45) is 0. The SMILES string of the molecule is Cc1cc(Cl)c2c(Cl)cccc2n1. The number of rotatable bonds is 0. The van der Waals surface area contributed by atoms with Crippen LogP contribution in [0.5, 0.6) is 0 Å². The molecule has 0 unspecified atom stereocenters. The highest BCUT2D eigenvalue weighted by Crippen LogP contribution is 2.29. The molecule has 1 nitrogen and oxygen atoms in total. The number of fused-ring (bicyclic) bond motifs is 1. The Morgan fingerprint density at radius 2 is 1.92 bits per heavy atom. The summed E-state index contributed by atoms with van der Waals surface area (Å²) in [5.41, 5.74) is 1.75. The van der Waals surface area contributed by atoms with Crippen LogP contribution in [0.4, 0.5) is 0 Å². The second-order valence-corrected chi connectivity index (χ2v) is 3.69. The van der Waals surface area contributed by atoms with Crippen molar-refractivity contribution < 1.29 is 0 Å². The van der Waals surface area contributed by atoms with Crippen molar-refractivity contribution in [2.75, 3.05) is 0 Å². The van der Waals surface area contributed by atoms with E-state index in [1.54, 1.807) is 0 Å². The first-order valence-corrected chi connectivity index (χ1v) is 4.65. The van der Waals surface area contributed by atoms with Crippen LogP contribution in [-0.2, 0) is 0 Å². The zero-order chi connectivity index (χ0) is 9.42. The lowest BCUT2D eigenvalue weighted by atomic mass is 10.2. The molecule has 13 heavy (non-hydrogen) atoms. The second kappa shape index (κ2) is 3.17. The summed E-state index contributed by atoms with van der Waals surface area (Å²) >= 11 is 12.0. The minimum Gasteiger partial charge on any atom is -0.253 e. The van der Waals surface area contributed by atoms with Gasteiger partial charge in [-0.2, -0.15) is 0 Å². The van der Waals surface area contributed by atoms with Crippen molar-refractivity contribution in [1.82, 2.24) is 4.98 Å². The lowest BCUT2D eigenvalue weighted by molar-refractivity contribution is 1.26. The van der Waals surface area contributed by atoms with Gasteiger partial charge in [-0.05, 0) is 25.1 Å². The summed E-state index contributed by atoms with van der Waals surface area (Å²) < 4.78 is 0. The molecule has 0 bridgehead atoms. The van der Waals surface area contributed by atoms with Crippen LogP contribution < -0.4 is 0 Å². The third kappa shape index (κ3) is 1.50. The molecule has 0 atom stereocenters. The molecule has 0 aliphatic carbocycles. The van der Waals surface area contributed by atoms with Crippen LogP contribution in [0.1, 0.15) is 5.69 Å². The minimum absolute atomic E-state index is 0.648. The van der Waals surface area contributed by atoms with E-state index in [2.05, 4.69) is 4.98 Å². The molecule has 66 valence electrons. The van der Waals surface area contributed by atoms with Gasteiger partial charge in [0.2, 0.25) is 0 Å². The van der Waals surface area contributed by atoms with Gasteiger partial charge in [0.05, 0.1) is 15.6 Å². The van der Waals surface area contributed by atoms with Gasteiger partial charge in [-0.1, -0.05) is 29.3 Å². The predicted molar refractivity (Wildman–Crippen MR) is 56.5 cm³/mol. The first-order chi connectivity index (χ1) is 6.18. The van der Waals surface area contributed by atoms with Crippen molar-refractivity contribution in [1.29, 1.82) is 0 Å². The molecular weight excluding hydrogens is 205 g/mol. The van der Waals surface area contributed by atoms with Crippen LogP contribution in [0.3, 0.4) is 0 Å². The molecule has 0 N–H and O–H groups in total. The molecule has 1 heterocycles. The Labute approximate surface area is 86.3 Å². The molecule has 0 saturated heterocycles. The summed E-state index contributed by atoms with van der Waals surface area (Å²) in [5, 5.41) is 2.14. The van der Waals surface area contributed by atoms with Gasteiger partial charge in [0.15, 0.2) is 0 Å². The molecule has 0 spiro atoms. The first kappa shape index (κ1) is 8.79. The zero-order valence-corrected chi connectivity index (χ0v) is 8.52. The van der Waals surface area contributed by atoms with Crippen molar-refractivity contribution in [2.45, 2.75) is 6.92 Å².